The molecule has 0 bridgehead atoms. The van der Waals surface area contributed by atoms with Crippen molar-refractivity contribution in [3.8, 4) is 11.3 Å². The predicted octanol–water partition coefficient (Wildman–Crippen LogP) is 2.90. The second-order valence-corrected chi connectivity index (χ2v) is 5.53. The number of hydrogen-bond donors (Lipinski definition) is 2. The van der Waals surface area contributed by atoms with Crippen LogP contribution in [0.15, 0.2) is 34.9 Å². The van der Waals surface area contributed by atoms with Crippen molar-refractivity contribution in [1.82, 2.24) is 15.8 Å². The Hall–Kier alpha value is -1.56. The molecule has 0 aliphatic carbocycles. The van der Waals surface area contributed by atoms with E-state index in [4.69, 9.17) is 16.1 Å². The van der Waals surface area contributed by atoms with Gasteiger partial charge in [0.1, 0.15) is 5.69 Å². The standard InChI is InChI=1S/C15H16ClN3O2.ClH/c16-11-4-1-3-10(7-11)13-8-14(21-19-13)15(20)18-9-12-5-2-6-17-12;/h1,3-4,7-8,12,17H,2,5-6,9H2,(H,18,20);1H. The van der Waals surface area contributed by atoms with E-state index in [-0.39, 0.29) is 24.1 Å². The van der Waals surface area contributed by atoms with Crippen molar-refractivity contribution in [2.75, 3.05) is 13.1 Å². The average molecular weight is 342 g/mol. The number of nitrogens with one attached hydrogen (secondary N) is 2. The molecular weight excluding hydrogens is 325 g/mol. The fourth-order valence-corrected chi connectivity index (χ4v) is 2.59. The molecule has 1 fully saturated rings. The van der Waals surface area contributed by atoms with Crippen molar-refractivity contribution in [3.63, 3.8) is 0 Å². The van der Waals surface area contributed by atoms with Gasteiger partial charge < -0.3 is 15.2 Å². The minimum absolute atomic E-state index is 0. The zero-order valence-corrected chi connectivity index (χ0v) is 13.4. The molecule has 1 atom stereocenters. The molecule has 118 valence electrons. The lowest BCUT2D eigenvalue weighted by Crippen LogP contribution is -2.37. The number of halogens is 2. The molecule has 0 spiro atoms. The van der Waals surface area contributed by atoms with E-state index in [0.29, 0.717) is 23.3 Å². The van der Waals surface area contributed by atoms with Gasteiger partial charge in [0.25, 0.3) is 5.91 Å². The Labute approximate surface area is 139 Å². The van der Waals surface area contributed by atoms with Gasteiger partial charge in [-0.05, 0) is 31.5 Å². The van der Waals surface area contributed by atoms with Crippen LogP contribution in [-0.2, 0) is 0 Å². The highest BCUT2D eigenvalue weighted by atomic mass is 35.5. The van der Waals surface area contributed by atoms with Gasteiger partial charge in [-0.2, -0.15) is 0 Å². The fraction of sp³-hybridized carbons (Fsp3) is 0.333. The first-order chi connectivity index (χ1) is 10.2. The maximum absolute atomic E-state index is 12.0. The molecule has 2 N–H and O–H groups in total. The van der Waals surface area contributed by atoms with Gasteiger partial charge in [0.2, 0.25) is 5.76 Å². The Morgan fingerprint density at radius 3 is 3.05 bits per heavy atom. The number of amides is 1. The summed E-state index contributed by atoms with van der Waals surface area (Å²) < 4.78 is 5.11. The SMILES string of the molecule is Cl.O=C(NCC1CCCN1)c1cc(-c2cccc(Cl)c2)no1. The van der Waals surface area contributed by atoms with Crippen LogP contribution in [0.25, 0.3) is 11.3 Å². The van der Waals surface area contributed by atoms with Crippen LogP contribution in [0, 0.1) is 0 Å². The third kappa shape index (κ3) is 4.00. The van der Waals surface area contributed by atoms with Crippen LogP contribution < -0.4 is 10.6 Å². The quantitative estimate of drug-likeness (QED) is 0.897. The Morgan fingerprint density at radius 2 is 2.32 bits per heavy atom. The van der Waals surface area contributed by atoms with Gasteiger partial charge in [-0.15, -0.1) is 12.4 Å². The first-order valence-corrected chi connectivity index (χ1v) is 7.34. The van der Waals surface area contributed by atoms with Gasteiger partial charge >= 0.3 is 0 Å². The molecule has 3 rings (SSSR count). The van der Waals surface area contributed by atoms with Gasteiger partial charge in [-0.3, -0.25) is 4.79 Å². The first-order valence-electron chi connectivity index (χ1n) is 6.96. The molecule has 7 heteroatoms. The maximum Gasteiger partial charge on any atom is 0.289 e. The number of aromatic nitrogens is 1. The normalized spacial score (nSPS) is 17.0. The van der Waals surface area contributed by atoms with Gasteiger partial charge in [-0.1, -0.05) is 28.9 Å². The van der Waals surface area contributed by atoms with Crippen LogP contribution in [0.2, 0.25) is 5.02 Å². The Morgan fingerprint density at radius 1 is 1.45 bits per heavy atom. The molecule has 2 heterocycles. The number of nitrogens with zero attached hydrogens (tertiary/aromatic N) is 1. The summed E-state index contributed by atoms with van der Waals surface area (Å²) in [5.41, 5.74) is 1.42. The second-order valence-electron chi connectivity index (χ2n) is 5.09. The van der Waals surface area contributed by atoms with Crippen molar-refractivity contribution < 1.29 is 9.32 Å². The smallest absolute Gasteiger partial charge is 0.289 e. The highest BCUT2D eigenvalue weighted by Crippen LogP contribution is 2.22. The van der Waals surface area contributed by atoms with Crippen LogP contribution in [0.1, 0.15) is 23.4 Å². The number of hydrogen-bond acceptors (Lipinski definition) is 4. The first kappa shape index (κ1) is 16.8. The van der Waals surface area contributed by atoms with E-state index >= 15 is 0 Å². The van der Waals surface area contributed by atoms with Crippen LogP contribution in [0.4, 0.5) is 0 Å². The number of benzene rings is 1. The molecule has 1 aliphatic rings. The van der Waals surface area contributed by atoms with E-state index in [2.05, 4.69) is 15.8 Å². The Balaban J connectivity index is 0.00000176. The van der Waals surface area contributed by atoms with Gasteiger partial charge in [0.05, 0.1) is 0 Å². The molecule has 0 radical (unpaired) electrons. The lowest BCUT2D eigenvalue weighted by molar-refractivity contribution is 0.0913. The third-order valence-electron chi connectivity index (χ3n) is 3.53. The molecular formula is C15H17Cl2N3O2. The van der Waals surface area contributed by atoms with E-state index in [1.165, 1.54) is 0 Å². The lowest BCUT2D eigenvalue weighted by atomic mass is 10.1. The van der Waals surface area contributed by atoms with Crippen LogP contribution >= 0.6 is 24.0 Å². The summed E-state index contributed by atoms with van der Waals surface area (Å²) in [6.07, 6.45) is 2.24. The number of carbonyl (C=O) groups excluding carboxylic acids is 1. The topological polar surface area (TPSA) is 67.2 Å². The number of carbonyl (C=O) groups is 1. The molecule has 1 aliphatic heterocycles. The molecule has 1 saturated heterocycles. The van der Waals surface area contributed by atoms with Crippen molar-refractivity contribution in [3.05, 3.63) is 41.1 Å². The summed E-state index contributed by atoms with van der Waals surface area (Å²) in [6, 6.07) is 9.25. The monoisotopic (exact) mass is 341 g/mol. The summed E-state index contributed by atoms with van der Waals surface area (Å²) in [5.74, 6) is -0.0348. The zero-order chi connectivity index (χ0) is 14.7. The van der Waals surface area contributed by atoms with E-state index in [9.17, 15) is 4.79 Å². The van der Waals surface area contributed by atoms with Crippen molar-refractivity contribution in [2.45, 2.75) is 18.9 Å². The van der Waals surface area contributed by atoms with Crippen LogP contribution in [0.3, 0.4) is 0 Å². The van der Waals surface area contributed by atoms with Crippen molar-refractivity contribution in [2.24, 2.45) is 0 Å². The summed E-state index contributed by atoms with van der Waals surface area (Å²) in [6.45, 7) is 1.62. The molecule has 1 aromatic carbocycles. The largest absolute Gasteiger partial charge is 0.350 e. The fourth-order valence-electron chi connectivity index (χ4n) is 2.40. The molecule has 2 aromatic rings. The summed E-state index contributed by atoms with van der Waals surface area (Å²) in [4.78, 5) is 12.0. The number of rotatable bonds is 4. The predicted molar refractivity (Wildman–Crippen MR) is 87.6 cm³/mol. The summed E-state index contributed by atoms with van der Waals surface area (Å²) >= 11 is 5.94. The summed E-state index contributed by atoms with van der Waals surface area (Å²) in [5, 5.41) is 10.7. The van der Waals surface area contributed by atoms with E-state index in [0.717, 1.165) is 24.9 Å². The molecule has 1 unspecified atom stereocenters. The zero-order valence-electron chi connectivity index (χ0n) is 11.8. The van der Waals surface area contributed by atoms with Crippen LogP contribution in [-0.4, -0.2) is 30.2 Å². The van der Waals surface area contributed by atoms with Crippen LogP contribution in [0.5, 0.6) is 0 Å². The lowest BCUT2D eigenvalue weighted by Gasteiger charge is -2.09. The second kappa shape index (κ2) is 7.63. The highest BCUT2D eigenvalue weighted by molar-refractivity contribution is 6.30. The van der Waals surface area contributed by atoms with E-state index in [1.807, 2.05) is 12.1 Å². The minimum Gasteiger partial charge on any atom is -0.350 e. The summed E-state index contributed by atoms with van der Waals surface area (Å²) in [7, 11) is 0. The maximum atomic E-state index is 12.0. The van der Waals surface area contributed by atoms with Crippen molar-refractivity contribution in [1.29, 1.82) is 0 Å². The van der Waals surface area contributed by atoms with Crippen molar-refractivity contribution >= 4 is 29.9 Å². The Bertz CT molecular complexity index is 639. The molecule has 5 nitrogen and oxygen atoms in total. The minimum atomic E-state index is -0.246. The molecule has 0 saturated carbocycles. The van der Waals surface area contributed by atoms with Gasteiger partial charge in [0, 0.05) is 29.2 Å². The van der Waals surface area contributed by atoms with Gasteiger partial charge in [-0.25, -0.2) is 0 Å². The van der Waals surface area contributed by atoms with E-state index < -0.39 is 0 Å². The molecule has 1 aromatic heterocycles. The average Bonchev–Trinajstić information content (AvgIpc) is 3.16. The van der Waals surface area contributed by atoms with E-state index in [1.54, 1.807) is 18.2 Å². The Kier molecular flexibility index (Phi) is 5.83. The third-order valence-corrected chi connectivity index (χ3v) is 3.76. The molecule has 1 amide bonds. The van der Waals surface area contributed by atoms with Gasteiger partial charge in [0.15, 0.2) is 0 Å². The highest BCUT2D eigenvalue weighted by Gasteiger charge is 2.18. The molecule has 22 heavy (non-hydrogen) atoms.